The van der Waals surface area contributed by atoms with E-state index in [1.54, 1.807) is 20.8 Å². The van der Waals surface area contributed by atoms with Crippen LogP contribution in [-0.4, -0.2) is 34.5 Å². The number of nitro benzene ring substituents is 2. The van der Waals surface area contributed by atoms with Gasteiger partial charge in [0.15, 0.2) is 6.10 Å². The summed E-state index contributed by atoms with van der Waals surface area (Å²) in [6, 6.07) is 2.47. The van der Waals surface area contributed by atoms with Gasteiger partial charge < -0.3 is 9.47 Å². The van der Waals surface area contributed by atoms with Crippen LogP contribution in [0.1, 0.15) is 31.1 Å². The summed E-state index contributed by atoms with van der Waals surface area (Å²) in [4.78, 5) is 43.5. The van der Waals surface area contributed by atoms with Crippen molar-refractivity contribution in [3.8, 4) is 11.8 Å². The van der Waals surface area contributed by atoms with Crippen LogP contribution in [0.25, 0.3) is 0 Å². The molecule has 10 nitrogen and oxygen atoms in total. The molecule has 0 radical (unpaired) electrons. The monoisotopic (exact) mass is 364 g/mol. The lowest BCUT2D eigenvalue weighted by Crippen LogP contribution is -2.22. The fourth-order valence-electron chi connectivity index (χ4n) is 1.74. The molecule has 138 valence electrons. The van der Waals surface area contributed by atoms with E-state index >= 15 is 0 Å². The van der Waals surface area contributed by atoms with Crippen LogP contribution < -0.4 is 0 Å². The number of rotatable bonds is 6. The van der Waals surface area contributed by atoms with E-state index < -0.39 is 39.3 Å². The Hall–Kier alpha value is -3.48. The third-order valence-corrected chi connectivity index (χ3v) is 2.99. The fourth-order valence-corrected chi connectivity index (χ4v) is 1.74. The largest absolute Gasteiger partial charge is 0.456 e. The van der Waals surface area contributed by atoms with Gasteiger partial charge in [-0.2, -0.15) is 0 Å². The van der Waals surface area contributed by atoms with Crippen molar-refractivity contribution in [3.05, 3.63) is 44.0 Å². The smallest absolute Gasteiger partial charge is 0.384 e. The third kappa shape index (κ3) is 5.86. The fraction of sp³-hybridized carbons (Fsp3) is 0.375. The molecule has 0 spiro atoms. The molecular formula is C16H16N2O8. The molecule has 1 aromatic carbocycles. The van der Waals surface area contributed by atoms with Crippen molar-refractivity contribution in [1.82, 2.24) is 0 Å². The Balaban J connectivity index is 3.11. The zero-order valence-corrected chi connectivity index (χ0v) is 14.3. The Kier molecular flexibility index (Phi) is 7.21. The molecule has 26 heavy (non-hydrogen) atoms. The average Bonchev–Trinajstić information content (AvgIpc) is 2.57. The Morgan fingerprint density at radius 2 is 1.65 bits per heavy atom. The number of benzene rings is 1. The van der Waals surface area contributed by atoms with Gasteiger partial charge in [0, 0.05) is 24.0 Å². The summed E-state index contributed by atoms with van der Waals surface area (Å²) in [5.41, 5.74) is -1.61. The molecule has 0 amide bonds. The van der Waals surface area contributed by atoms with E-state index in [9.17, 15) is 29.8 Å². The van der Waals surface area contributed by atoms with Crippen LogP contribution in [0.4, 0.5) is 11.4 Å². The van der Waals surface area contributed by atoms with Crippen LogP contribution in [0, 0.1) is 38.0 Å². The molecule has 0 saturated heterocycles. The maximum Gasteiger partial charge on any atom is 0.384 e. The van der Waals surface area contributed by atoms with Crippen molar-refractivity contribution in [2.45, 2.75) is 26.9 Å². The van der Waals surface area contributed by atoms with Gasteiger partial charge >= 0.3 is 11.9 Å². The molecule has 0 fully saturated rings. The minimum Gasteiger partial charge on any atom is -0.456 e. The highest BCUT2D eigenvalue weighted by Gasteiger charge is 2.23. The molecule has 1 rings (SSSR count). The first-order valence-corrected chi connectivity index (χ1v) is 7.48. The van der Waals surface area contributed by atoms with E-state index in [-0.39, 0.29) is 18.1 Å². The second-order valence-electron chi connectivity index (χ2n) is 5.31. The number of carbonyl (C=O) groups excluding carboxylic acids is 2. The quantitative estimate of drug-likeness (QED) is 0.246. The zero-order chi connectivity index (χ0) is 19.9. The molecule has 0 aliphatic rings. The normalized spacial score (nSPS) is 11.1. The maximum atomic E-state index is 12.2. The van der Waals surface area contributed by atoms with Crippen LogP contribution in [0.15, 0.2) is 18.2 Å². The number of carbonyl (C=O) groups is 2. The van der Waals surface area contributed by atoms with Gasteiger partial charge in [-0.3, -0.25) is 20.2 Å². The van der Waals surface area contributed by atoms with E-state index in [0.717, 1.165) is 18.2 Å². The third-order valence-electron chi connectivity index (χ3n) is 2.99. The lowest BCUT2D eigenvalue weighted by atomic mass is 10.1. The van der Waals surface area contributed by atoms with Crippen LogP contribution in [0.2, 0.25) is 0 Å². The molecule has 0 heterocycles. The van der Waals surface area contributed by atoms with Crippen molar-refractivity contribution in [2.24, 2.45) is 5.92 Å². The van der Waals surface area contributed by atoms with Gasteiger partial charge in [0.25, 0.3) is 11.4 Å². The summed E-state index contributed by atoms with van der Waals surface area (Å²) in [7, 11) is 0. The summed E-state index contributed by atoms with van der Waals surface area (Å²) >= 11 is 0. The first-order valence-electron chi connectivity index (χ1n) is 7.48. The molecule has 0 bridgehead atoms. The molecule has 0 N–H and O–H groups in total. The van der Waals surface area contributed by atoms with Crippen molar-refractivity contribution in [1.29, 1.82) is 0 Å². The van der Waals surface area contributed by atoms with Gasteiger partial charge in [-0.05, 0) is 12.8 Å². The van der Waals surface area contributed by atoms with Gasteiger partial charge in [0.1, 0.15) is 0 Å². The SMILES string of the molecule is CCOC(=O)C#CC(OC(=O)c1cc([N+](=O)[O-])cc([N+](=O)[O-])c1)C(C)C. The molecule has 10 heteroatoms. The number of non-ortho nitro benzene ring substituents is 2. The second-order valence-corrected chi connectivity index (χ2v) is 5.31. The first-order chi connectivity index (χ1) is 12.1. The second kappa shape index (κ2) is 9.12. The molecule has 0 aliphatic carbocycles. The zero-order valence-electron chi connectivity index (χ0n) is 14.3. The van der Waals surface area contributed by atoms with Gasteiger partial charge in [0.05, 0.1) is 28.1 Å². The lowest BCUT2D eigenvalue weighted by molar-refractivity contribution is -0.394. The Labute approximate surface area is 148 Å². The van der Waals surface area contributed by atoms with Gasteiger partial charge in [-0.15, -0.1) is 0 Å². The van der Waals surface area contributed by atoms with Crippen molar-refractivity contribution in [3.63, 3.8) is 0 Å². The Morgan fingerprint density at radius 3 is 2.08 bits per heavy atom. The number of nitro groups is 2. The van der Waals surface area contributed by atoms with Gasteiger partial charge in [-0.1, -0.05) is 13.8 Å². The number of hydrogen-bond acceptors (Lipinski definition) is 8. The van der Waals surface area contributed by atoms with E-state index in [0.29, 0.717) is 0 Å². The number of nitrogens with zero attached hydrogens (tertiary/aromatic N) is 2. The molecule has 0 aliphatic heterocycles. The van der Waals surface area contributed by atoms with Crippen LogP contribution in [0.5, 0.6) is 0 Å². The van der Waals surface area contributed by atoms with E-state index in [1.807, 2.05) is 0 Å². The first kappa shape index (κ1) is 20.6. The van der Waals surface area contributed by atoms with Crippen molar-refractivity contribution >= 4 is 23.3 Å². The average molecular weight is 364 g/mol. The van der Waals surface area contributed by atoms with Gasteiger partial charge in [0.2, 0.25) is 0 Å². The lowest BCUT2D eigenvalue weighted by Gasteiger charge is -2.15. The Bertz CT molecular complexity index is 759. The summed E-state index contributed by atoms with van der Waals surface area (Å²) in [6.45, 7) is 5.09. The predicted molar refractivity (Wildman–Crippen MR) is 88.2 cm³/mol. The molecule has 0 aromatic heterocycles. The maximum absolute atomic E-state index is 12.2. The van der Waals surface area contributed by atoms with Crippen molar-refractivity contribution < 1.29 is 28.9 Å². The minimum absolute atomic E-state index is 0.136. The molecule has 1 atom stereocenters. The van der Waals surface area contributed by atoms with Crippen molar-refractivity contribution in [2.75, 3.05) is 6.61 Å². The van der Waals surface area contributed by atoms with Crippen LogP contribution in [-0.2, 0) is 14.3 Å². The minimum atomic E-state index is -1.03. The standard InChI is InChI=1S/C16H16N2O8/c1-4-25-15(19)6-5-14(10(2)3)26-16(20)11-7-12(17(21)22)9-13(8-11)18(23)24/h7-10,14H,4H2,1-3H3. The van der Waals surface area contributed by atoms with E-state index in [1.165, 1.54) is 0 Å². The highest BCUT2D eigenvalue weighted by Crippen LogP contribution is 2.23. The molecule has 1 unspecified atom stereocenters. The predicted octanol–water partition coefficient (Wildman–Crippen LogP) is 2.25. The molecule has 1 aromatic rings. The molecule has 0 saturated carbocycles. The highest BCUT2D eigenvalue weighted by atomic mass is 16.6. The van der Waals surface area contributed by atoms with Crippen LogP contribution in [0.3, 0.4) is 0 Å². The van der Waals surface area contributed by atoms with Gasteiger partial charge in [-0.25, -0.2) is 9.59 Å². The summed E-state index contributed by atoms with van der Waals surface area (Å²) < 4.78 is 9.77. The number of hydrogen-bond donors (Lipinski definition) is 0. The summed E-state index contributed by atoms with van der Waals surface area (Å²) in [6.07, 6.45) is -1.01. The number of ether oxygens (including phenoxy) is 2. The summed E-state index contributed by atoms with van der Waals surface area (Å²) in [5.74, 6) is 2.48. The Morgan fingerprint density at radius 1 is 1.12 bits per heavy atom. The van der Waals surface area contributed by atoms with Crippen LogP contribution >= 0.6 is 0 Å². The van der Waals surface area contributed by atoms with E-state index in [4.69, 9.17) is 4.74 Å². The van der Waals surface area contributed by atoms with E-state index in [2.05, 4.69) is 16.6 Å². The topological polar surface area (TPSA) is 139 Å². The molecular weight excluding hydrogens is 348 g/mol. The summed E-state index contributed by atoms with van der Waals surface area (Å²) in [5, 5.41) is 21.8. The highest BCUT2D eigenvalue weighted by molar-refractivity contribution is 5.92. The number of esters is 2.